The lowest BCUT2D eigenvalue weighted by molar-refractivity contribution is -0.131. The van der Waals surface area contributed by atoms with Crippen molar-refractivity contribution in [3.05, 3.63) is 65.7 Å². The highest BCUT2D eigenvalue weighted by Gasteiger charge is 2.47. The Labute approximate surface area is 148 Å². The number of guanidine groups is 1. The van der Waals surface area contributed by atoms with E-state index < -0.39 is 5.54 Å². The maximum atomic E-state index is 12.8. The number of carbonyl (C=O) groups excluding carboxylic acids is 1. The number of nitrogens with zero attached hydrogens (tertiary/aromatic N) is 2. The van der Waals surface area contributed by atoms with E-state index in [4.69, 9.17) is 10.5 Å². The number of amides is 1. The summed E-state index contributed by atoms with van der Waals surface area (Å²) in [4.78, 5) is 18.7. The zero-order valence-electron chi connectivity index (χ0n) is 14.6. The molecule has 5 nitrogen and oxygen atoms in total. The molecule has 1 amide bonds. The number of ether oxygens (including phenoxy) is 1. The Kier molecular flexibility index (Phi) is 4.74. The predicted octanol–water partition coefficient (Wildman–Crippen LogP) is 2.40. The standard InChI is InChI=1S/C20H23N3O2/c1-3-15-10-7-11-17(12-15)25-14-20(13-16-8-5-4-6-9-16)18(24)23(2)19(21)22-20/h4-12H,3,13-14H2,1-2H3,(H2,21,22). The largest absolute Gasteiger partial charge is 0.490 e. The van der Waals surface area contributed by atoms with Gasteiger partial charge in [-0.2, -0.15) is 0 Å². The molecule has 2 N–H and O–H groups in total. The quantitative estimate of drug-likeness (QED) is 0.880. The number of aryl methyl sites for hydroxylation is 1. The van der Waals surface area contributed by atoms with E-state index in [1.165, 1.54) is 10.5 Å². The van der Waals surface area contributed by atoms with Gasteiger partial charge in [-0.1, -0.05) is 49.4 Å². The van der Waals surface area contributed by atoms with Crippen LogP contribution in [-0.4, -0.2) is 36.0 Å². The zero-order valence-corrected chi connectivity index (χ0v) is 14.6. The minimum Gasteiger partial charge on any atom is -0.490 e. The number of likely N-dealkylation sites (N-methyl/N-ethyl adjacent to an activating group) is 1. The number of nitrogens with two attached hydrogens (primary N) is 1. The maximum Gasteiger partial charge on any atom is 0.260 e. The van der Waals surface area contributed by atoms with Gasteiger partial charge in [0.05, 0.1) is 0 Å². The van der Waals surface area contributed by atoms with Crippen molar-refractivity contribution in [3.63, 3.8) is 0 Å². The highest BCUT2D eigenvalue weighted by molar-refractivity contribution is 6.06. The molecule has 0 aromatic heterocycles. The van der Waals surface area contributed by atoms with Gasteiger partial charge in [0.2, 0.25) is 0 Å². The molecule has 0 saturated carbocycles. The van der Waals surface area contributed by atoms with Gasteiger partial charge >= 0.3 is 0 Å². The SMILES string of the molecule is CCc1cccc(OCC2(Cc3ccccc3)N=C(N)N(C)C2=O)c1. The van der Waals surface area contributed by atoms with E-state index in [2.05, 4.69) is 18.0 Å². The second-order valence-corrected chi connectivity index (χ2v) is 6.32. The second-order valence-electron chi connectivity index (χ2n) is 6.32. The molecule has 0 spiro atoms. The fourth-order valence-corrected chi connectivity index (χ4v) is 3.01. The summed E-state index contributed by atoms with van der Waals surface area (Å²) in [6.07, 6.45) is 1.38. The second kappa shape index (κ2) is 6.97. The molecule has 0 bridgehead atoms. The van der Waals surface area contributed by atoms with Gasteiger partial charge in [0.15, 0.2) is 11.5 Å². The van der Waals surface area contributed by atoms with Gasteiger partial charge in [-0.25, -0.2) is 4.99 Å². The van der Waals surface area contributed by atoms with E-state index in [0.717, 1.165) is 17.7 Å². The number of benzene rings is 2. The van der Waals surface area contributed by atoms with Crippen LogP contribution in [0.2, 0.25) is 0 Å². The van der Waals surface area contributed by atoms with Crippen molar-refractivity contribution in [1.29, 1.82) is 0 Å². The highest BCUT2D eigenvalue weighted by atomic mass is 16.5. The van der Waals surface area contributed by atoms with Crippen LogP contribution < -0.4 is 10.5 Å². The molecule has 0 radical (unpaired) electrons. The average Bonchev–Trinajstić information content (AvgIpc) is 2.85. The first-order valence-corrected chi connectivity index (χ1v) is 8.43. The Bertz CT molecular complexity index is 789. The summed E-state index contributed by atoms with van der Waals surface area (Å²) in [5.41, 5.74) is 7.10. The molecule has 2 aromatic carbocycles. The van der Waals surface area contributed by atoms with Crippen LogP contribution >= 0.6 is 0 Å². The third-order valence-electron chi connectivity index (χ3n) is 4.50. The third kappa shape index (κ3) is 3.50. The molecule has 3 rings (SSSR count). The molecule has 1 atom stereocenters. The van der Waals surface area contributed by atoms with Crippen molar-refractivity contribution in [2.24, 2.45) is 10.7 Å². The smallest absolute Gasteiger partial charge is 0.260 e. The Hall–Kier alpha value is -2.82. The first kappa shape index (κ1) is 17.0. The summed E-state index contributed by atoms with van der Waals surface area (Å²) < 4.78 is 5.96. The fraction of sp³-hybridized carbons (Fsp3) is 0.300. The molecule has 25 heavy (non-hydrogen) atoms. The van der Waals surface area contributed by atoms with E-state index in [9.17, 15) is 4.79 Å². The molecule has 2 aromatic rings. The van der Waals surface area contributed by atoms with E-state index in [-0.39, 0.29) is 18.5 Å². The summed E-state index contributed by atoms with van der Waals surface area (Å²) in [6, 6.07) is 17.7. The monoisotopic (exact) mass is 337 g/mol. The Morgan fingerprint density at radius 2 is 1.84 bits per heavy atom. The van der Waals surface area contributed by atoms with Crippen LogP contribution in [0.3, 0.4) is 0 Å². The Morgan fingerprint density at radius 3 is 2.48 bits per heavy atom. The van der Waals surface area contributed by atoms with Crippen molar-refractivity contribution in [2.75, 3.05) is 13.7 Å². The van der Waals surface area contributed by atoms with Crippen molar-refractivity contribution in [1.82, 2.24) is 4.90 Å². The summed E-state index contributed by atoms with van der Waals surface area (Å²) in [6.45, 7) is 2.25. The molecule has 0 aliphatic carbocycles. The first-order valence-electron chi connectivity index (χ1n) is 8.43. The van der Waals surface area contributed by atoms with Gasteiger partial charge in [-0.15, -0.1) is 0 Å². The Balaban J connectivity index is 1.86. The summed E-state index contributed by atoms with van der Waals surface area (Å²) in [5.74, 6) is 0.829. The van der Waals surface area contributed by atoms with Crippen molar-refractivity contribution in [2.45, 2.75) is 25.3 Å². The number of hydrogen-bond donors (Lipinski definition) is 1. The maximum absolute atomic E-state index is 12.8. The molecule has 0 saturated heterocycles. The van der Waals surface area contributed by atoms with Gasteiger partial charge < -0.3 is 10.5 Å². The molecule has 130 valence electrons. The lowest BCUT2D eigenvalue weighted by atomic mass is 9.91. The summed E-state index contributed by atoms with van der Waals surface area (Å²) >= 11 is 0. The molecular formula is C20H23N3O2. The Morgan fingerprint density at radius 1 is 1.12 bits per heavy atom. The van der Waals surface area contributed by atoms with Crippen molar-refractivity contribution < 1.29 is 9.53 Å². The van der Waals surface area contributed by atoms with Crippen LogP contribution in [0.5, 0.6) is 5.75 Å². The van der Waals surface area contributed by atoms with Crippen LogP contribution in [0.4, 0.5) is 0 Å². The van der Waals surface area contributed by atoms with Crippen molar-refractivity contribution >= 4 is 11.9 Å². The zero-order chi connectivity index (χ0) is 17.9. The summed E-state index contributed by atoms with van der Waals surface area (Å²) in [7, 11) is 1.64. The van der Waals surface area contributed by atoms with E-state index in [1.807, 2.05) is 48.5 Å². The first-order chi connectivity index (χ1) is 12.0. The third-order valence-corrected chi connectivity index (χ3v) is 4.50. The molecule has 5 heteroatoms. The number of rotatable bonds is 6. The van der Waals surface area contributed by atoms with Crippen LogP contribution in [0.15, 0.2) is 59.6 Å². The highest BCUT2D eigenvalue weighted by Crippen LogP contribution is 2.27. The number of hydrogen-bond acceptors (Lipinski definition) is 4. The lowest BCUT2D eigenvalue weighted by Gasteiger charge is -2.25. The predicted molar refractivity (Wildman–Crippen MR) is 98.6 cm³/mol. The molecule has 1 aliphatic rings. The molecule has 0 fully saturated rings. The number of aliphatic imine (C=N–C) groups is 1. The van der Waals surface area contributed by atoms with Gasteiger partial charge in [-0.3, -0.25) is 9.69 Å². The van der Waals surface area contributed by atoms with Crippen LogP contribution in [0.1, 0.15) is 18.1 Å². The minimum absolute atomic E-state index is 0.138. The van der Waals surface area contributed by atoms with Gasteiger partial charge in [-0.05, 0) is 29.7 Å². The van der Waals surface area contributed by atoms with Crippen LogP contribution in [0.25, 0.3) is 0 Å². The molecule has 1 aliphatic heterocycles. The van der Waals surface area contributed by atoms with Crippen molar-refractivity contribution in [3.8, 4) is 5.75 Å². The van der Waals surface area contributed by atoms with E-state index >= 15 is 0 Å². The number of carbonyl (C=O) groups is 1. The van der Waals surface area contributed by atoms with E-state index in [0.29, 0.717) is 6.42 Å². The molecular weight excluding hydrogens is 314 g/mol. The van der Waals surface area contributed by atoms with E-state index in [1.54, 1.807) is 7.05 Å². The fourth-order valence-electron chi connectivity index (χ4n) is 3.01. The lowest BCUT2D eigenvalue weighted by Crippen LogP contribution is -2.47. The minimum atomic E-state index is -1.03. The van der Waals surface area contributed by atoms with Crippen LogP contribution in [-0.2, 0) is 17.6 Å². The van der Waals surface area contributed by atoms with Gasteiger partial charge in [0.1, 0.15) is 12.4 Å². The van der Waals surface area contributed by atoms with Crippen LogP contribution in [0, 0.1) is 0 Å². The molecule has 1 unspecified atom stereocenters. The topological polar surface area (TPSA) is 67.9 Å². The van der Waals surface area contributed by atoms with Gasteiger partial charge in [0, 0.05) is 13.5 Å². The van der Waals surface area contributed by atoms with Gasteiger partial charge in [0.25, 0.3) is 5.91 Å². The summed E-state index contributed by atoms with van der Waals surface area (Å²) in [5, 5.41) is 0. The average molecular weight is 337 g/mol. The molecule has 1 heterocycles. The normalized spacial score (nSPS) is 19.8.